The molecule has 4 nitrogen and oxygen atoms in total. The Morgan fingerprint density at radius 3 is 2.83 bits per heavy atom. The number of hydrogen-bond donors (Lipinski definition) is 0. The van der Waals surface area contributed by atoms with Crippen molar-refractivity contribution in [3.63, 3.8) is 0 Å². The summed E-state index contributed by atoms with van der Waals surface area (Å²) in [5, 5.41) is 10.8. The van der Waals surface area contributed by atoms with Gasteiger partial charge in [0.25, 0.3) is 10.5 Å². The highest BCUT2D eigenvalue weighted by Gasteiger charge is 2.13. The van der Waals surface area contributed by atoms with Crippen molar-refractivity contribution in [2.75, 3.05) is 0 Å². The Bertz CT molecular complexity index is 703. The average Bonchev–Trinajstić information content (AvgIpc) is 2.82. The van der Waals surface area contributed by atoms with Gasteiger partial charge in [0.15, 0.2) is 12.4 Å². The minimum Gasteiger partial charge on any atom is -0.258 e. The molecule has 0 aliphatic heterocycles. The zero-order valence-corrected chi connectivity index (χ0v) is 10.1. The van der Waals surface area contributed by atoms with Gasteiger partial charge in [0.1, 0.15) is 4.88 Å². The van der Waals surface area contributed by atoms with Crippen LogP contribution in [0.3, 0.4) is 0 Å². The highest BCUT2D eigenvalue weighted by molar-refractivity contribution is 7.20. The fourth-order valence-electron chi connectivity index (χ4n) is 1.80. The number of fused-ring (bicyclic) bond motifs is 1. The lowest BCUT2D eigenvalue weighted by Crippen LogP contribution is -2.15. The monoisotopic (exact) mass is 257 g/mol. The van der Waals surface area contributed by atoms with E-state index in [4.69, 9.17) is 0 Å². The standard InChI is InChI=1S/C13H9N2O2S/c16-15(17)11-5-3-4-10(8-11)12-9-14-7-2-1-6-13(14)18-12/h1-9H/q+1. The fraction of sp³-hybridized carbons (Fsp3) is 0. The SMILES string of the molecule is O=[N+]([O-])c1cccc(-c2c[n+]3ccccc3s2)c1. The first-order valence-electron chi connectivity index (χ1n) is 5.39. The number of aromatic nitrogens is 1. The second-order valence-electron chi connectivity index (χ2n) is 3.85. The van der Waals surface area contributed by atoms with E-state index in [1.54, 1.807) is 23.5 Å². The highest BCUT2D eigenvalue weighted by Crippen LogP contribution is 2.28. The van der Waals surface area contributed by atoms with Crippen LogP contribution in [0.15, 0.2) is 54.9 Å². The maximum Gasteiger partial charge on any atom is 0.270 e. The van der Waals surface area contributed by atoms with Gasteiger partial charge < -0.3 is 0 Å². The summed E-state index contributed by atoms with van der Waals surface area (Å²) in [6, 6.07) is 12.7. The molecule has 0 spiro atoms. The average molecular weight is 257 g/mol. The Morgan fingerprint density at radius 1 is 1.17 bits per heavy atom. The molecule has 3 aromatic rings. The molecule has 0 saturated heterocycles. The van der Waals surface area contributed by atoms with E-state index in [0.717, 1.165) is 15.3 Å². The van der Waals surface area contributed by atoms with E-state index in [0.29, 0.717) is 0 Å². The zero-order valence-electron chi connectivity index (χ0n) is 9.32. The van der Waals surface area contributed by atoms with E-state index in [2.05, 4.69) is 0 Å². The topological polar surface area (TPSA) is 47.2 Å². The Balaban J connectivity index is 2.13. The summed E-state index contributed by atoms with van der Waals surface area (Å²) in [5.74, 6) is 0. The first-order chi connectivity index (χ1) is 8.74. The Hall–Kier alpha value is -2.27. The molecule has 2 aromatic heterocycles. The lowest BCUT2D eigenvalue weighted by molar-refractivity contribution is -0.506. The number of pyridine rings is 1. The van der Waals surface area contributed by atoms with E-state index < -0.39 is 0 Å². The van der Waals surface area contributed by atoms with Crippen molar-refractivity contribution in [3.8, 4) is 10.4 Å². The summed E-state index contributed by atoms with van der Waals surface area (Å²) >= 11 is 1.61. The largest absolute Gasteiger partial charge is 0.270 e. The van der Waals surface area contributed by atoms with Gasteiger partial charge in [-0.3, -0.25) is 10.1 Å². The number of thiazole rings is 1. The van der Waals surface area contributed by atoms with E-state index in [1.165, 1.54) is 6.07 Å². The van der Waals surface area contributed by atoms with E-state index >= 15 is 0 Å². The first-order valence-corrected chi connectivity index (χ1v) is 6.20. The van der Waals surface area contributed by atoms with Crippen molar-refractivity contribution in [1.29, 1.82) is 0 Å². The molecule has 0 fully saturated rings. The molecule has 18 heavy (non-hydrogen) atoms. The molecule has 0 amide bonds. The molecule has 0 atom stereocenters. The molecule has 3 rings (SSSR count). The molecule has 0 saturated carbocycles. The van der Waals surface area contributed by atoms with Crippen molar-refractivity contribution in [1.82, 2.24) is 0 Å². The third-order valence-electron chi connectivity index (χ3n) is 2.66. The predicted octanol–water partition coefficient (Wildman–Crippen LogP) is 3.06. The van der Waals surface area contributed by atoms with Crippen molar-refractivity contribution < 1.29 is 9.32 Å². The Kier molecular flexibility index (Phi) is 2.53. The van der Waals surface area contributed by atoms with Crippen LogP contribution < -0.4 is 4.40 Å². The zero-order chi connectivity index (χ0) is 12.5. The van der Waals surface area contributed by atoms with E-state index in [1.807, 2.05) is 41.1 Å². The van der Waals surface area contributed by atoms with Gasteiger partial charge in [-0.05, 0) is 6.07 Å². The van der Waals surface area contributed by atoms with Gasteiger partial charge in [-0.25, -0.2) is 0 Å². The van der Waals surface area contributed by atoms with Crippen LogP contribution in [-0.4, -0.2) is 4.92 Å². The van der Waals surface area contributed by atoms with Crippen molar-refractivity contribution in [2.45, 2.75) is 0 Å². The van der Waals surface area contributed by atoms with Crippen LogP contribution in [0.4, 0.5) is 5.69 Å². The second-order valence-corrected chi connectivity index (χ2v) is 4.91. The van der Waals surface area contributed by atoms with Gasteiger partial charge in [0, 0.05) is 29.8 Å². The molecule has 88 valence electrons. The summed E-state index contributed by atoms with van der Waals surface area (Å²) in [5.41, 5.74) is 0.993. The van der Waals surface area contributed by atoms with Crippen LogP contribution in [0.1, 0.15) is 0 Å². The maximum atomic E-state index is 10.8. The molecule has 2 heterocycles. The highest BCUT2D eigenvalue weighted by atomic mass is 32.1. The molecule has 0 bridgehead atoms. The van der Waals surface area contributed by atoms with Crippen LogP contribution in [0.2, 0.25) is 0 Å². The number of nitro groups is 1. The van der Waals surface area contributed by atoms with Crippen molar-refractivity contribution in [2.24, 2.45) is 0 Å². The molecule has 5 heteroatoms. The van der Waals surface area contributed by atoms with Gasteiger partial charge >= 0.3 is 0 Å². The van der Waals surface area contributed by atoms with Crippen LogP contribution in [0.5, 0.6) is 0 Å². The number of rotatable bonds is 2. The van der Waals surface area contributed by atoms with Crippen LogP contribution >= 0.6 is 11.3 Å². The number of nitro benzene ring substituents is 1. The molecule has 0 aliphatic carbocycles. The minimum absolute atomic E-state index is 0.120. The van der Waals surface area contributed by atoms with Crippen molar-refractivity contribution in [3.05, 3.63) is 65.0 Å². The van der Waals surface area contributed by atoms with Crippen molar-refractivity contribution >= 4 is 21.9 Å². The molecular weight excluding hydrogens is 248 g/mol. The molecular formula is C13H9N2O2S+. The number of non-ortho nitro benzene ring substituents is 1. The third-order valence-corrected chi connectivity index (χ3v) is 3.78. The first kappa shape index (κ1) is 10.9. The summed E-state index contributed by atoms with van der Waals surface area (Å²) in [6.45, 7) is 0. The summed E-state index contributed by atoms with van der Waals surface area (Å²) in [6.07, 6.45) is 3.95. The predicted molar refractivity (Wildman–Crippen MR) is 69.6 cm³/mol. The number of hydrogen-bond acceptors (Lipinski definition) is 3. The van der Waals surface area contributed by atoms with Gasteiger partial charge in [-0.15, -0.1) is 0 Å². The third kappa shape index (κ3) is 1.84. The molecule has 1 aromatic carbocycles. The molecule has 0 N–H and O–H groups in total. The smallest absolute Gasteiger partial charge is 0.258 e. The Morgan fingerprint density at radius 2 is 2.06 bits per heavy atom. The number of nitrogens with zero attached hydrogens (tertiary/aromatic N) is 2. The molecule has 0 aliphatic rings. The summed E-state index contributed by atoms with van der Waals surface area (Å²) in [4.78, 5) is 12.5. The number of benzene rings is 1. The Labute approximate surface area is 107 Å². The lowest BCUT2D eigenvalue weighted by atomic mass is 10.2. The quantitative estimate of drug-likeness (QED) is 0.402. The van der Waals surface area contributed by atoms with Crippen LogP contribution in [-0.2, 0) is 0 Å². The molecule has 0 radical (unpaired) electrons. The van der Waals surface area contributed by atoms with Crippen LogP contribution in [0.25, 0.3) is 15.3 Å². The molecule has 0 unspecified atom stereocenters. The van der Waals surface area contributed by atoms with Gasteiger partial charge in [0.2, 0.25) is 0 Å². The fourth-order valence-corrected chi connectivity index (χ4v) is 2.81. The van der Waals surface area contributed by atoms with Gasteiger partial charge in [0.05, 0.1) is 4.92 Å². The van der Waals surface area contributed by atoms with Gasteiger partial charge in [-0.1, -0.05) is 23.5 Å². The second kappa shape index (κ2) is 4.19. The maximum absolute atomic E-state index is 10.8. The summed E-state index contributed by atoms with van der Waals surface area (Å²) in [7, 11) is 0. The van der Waals surface area contributed by atoms with Crippen LogP contribution in [0, 0.1) is 10.1 Å². The van der Waals surface area contributed by atoms with Gasteiger partial charge in [-0.2, -0.15) is 4.40 Å². The van der Waals surface area contributed by atoms with E-state index in [9.17, 15) is 10.1 Å². The summed E-state index contributed by atoms with van der Waals surface area (Å²) < 4.78 is 2.01. The minimum atomic E-state index is -0.371. The lowest BCUT2D eigenvalue weighted by Gasteiger charge is -1.94. The van der Waals surface area contributed by atoms with E-state index in [-0.39, 0.29) is 10.6 Å². The normalized spacial score (nSPS) is 10.7.